The third-order valence-corrected chi connectivity index (χ3v) is 3.01. The summed E-state index contributed by atoms with van der Waals surface area (Å²) in [7, 11) is 0. The normalized spacial score (nSPS) is 30.4. The van der Waals surface area contributed by atoms with Gasteiger partial charge in [0.25, 0.3) is 0 Å². The van der Waals surface area contributed by atoms with Crippen LogP contribution in [0.1, 0.15) is 37.4 Å². The maximum absolute atomic E-state index is 5.81. The molecule has 2 rings (SSSR count). The molecule has 0 unspecified atom stereocenters. The van der Waals surface area contributed by atoms with E-state index in [0.717, 1.165) is 31.5 Å². The largest absolute Gasteiger partial charge is 0.328 e. The first kappa shape index (κ1) is 8.13. The van der Waals surface area contributed by atoms with Gasteiger partial charge < -0.3 is 5.73 Å². The van der Waals surface area contributed by atoms with Gasteiger partial charge in [0.05, 0.1) is 0 Å². The molecule has 1 saturated carbocycles. The summed E-state index contributed by atoms with van der Waals surface area (Å²) < 4.78 is 4.25. The lowest BCUT2D eigenvalue weighted by Crippen LogP contribution is -2.26. The Morgan fingerprint density at radius 3 is 2.67 bits per heavy atom. The second-order valence-corrected chi connectivity index (χ2v) is 4.01. The summed E-state index contributed by atoms with van der Waals surface area (Å²) in [6.45, 7) is 0. The van der Waals surface area contributed by atoms with Gasteiger partial charge in [-0.2, -0.15) is 4.37 Å². The summed E-state index contributed by atoms with van der Waals surface area (Å²) >= 11 is 1.44. The zero-order valence-corrected chi connectivity index (χ0v) is 7.76. The van der Waals surface area contributed by atoms with Gasteiger partial charge in [-0.3, -0.25) is 0 Å². The average Bonchev–Trinajstić information content (AvgIpc) is 2.58. The van der Waals surface area contributed by atoms with Crippen molar-refractivity contribution in [1.29, 1.82) is 0 Å². The first-order valence-electron chi connectivity index (χ1n) is 4.38. The first-order chi connectivity index (χ1) is 5.86. The fourth-order valence-electron chi connectivity index (χ4n) is 1.74. The Hall–Kier alpha value is -0.480. The second-order valence-electron chi connectivity index (χ2n) is 3.40. The summed E-state index contributed by atoms with van der Waals surface area (Å²) in [5, 5.41) is 0. The monoisotopic (exact) mass is 183 g/mol. The van der Waals surface area contributed by atoms with Crippen LogP contribution in [0.2, 0.25) is 0 Å². The Morgan fingerprint density at radius 1 is 1.33 bits per heavy atom. The fourth-order valence-corrected chi connectivity index (χ4v) is 2.24. The van der Waals surface area contributed by atoms with E-state index in [1.165, 1.54) is 11.5 Å². The number of nitrogens with two attached hydrogens (primary N) is 1. The number of nitrogens with zero attached hydrogens (tertiary/aromatic N) is 2. The lowest BCUT2D eigenvalue weighted by Gasteiger charge is -2.23. The summed E-state index contributed by atoms with van der Waals surface area (Å²) in [5.74, 6) is 1.61. The van der Waals surface area contributed by atoms with Crippen LogP contribution in [0.3, 0.4) is 0 Å². The van der Waals surface area contributed by atoms with Crippen molar-refractivity contribution in [3.63, 3.8) is 0 Å². The lowest BCUT2D eigenvalue weighted by atomic mass is 9.86. The van der Waals surface area contributed by atoms with Crippen molar-refractivity contribution in [3.05, 3.63) is 11.3 Å². The summed E-state index contributed by atoms with van der Waals surface area (Å²) in [4.78, 5) is 4.23. The van der Waals surface area contributed by atoms with Gasteiger partial charge in [0.15, 0.2) is 0 Å². The van der Waals surface area contributed by atoms with Gasteiger partial charge in [0.1, 0.15) is 11.3 Å². The Morgan fingerprint density at radius 2 is 2.08 bits per heavy atom. The highest BCUT2D eigenvalue weighted by atomic mass is 32.1. The summed E-state index contributed by atoms with van der Waals surface area (Å²) in [6.07, 6.45) is 4.59. The molecule has 1 fully saturated rings. The summed E-state index contributed by atoms with van der Waals surface area (Å²) in [6, 6.07) is 0.417. The van der Waals surface area contributed by atoms with Gasteiger partial charge in [-0.15, -0.1) is 0 Å². The van der Waals surface area contributed by atoms with Gasteiger partial charge in [-0.05, 0) is 37.2 Å². The van der Waals surface area contributed by atoms with Crippen LogP contribution in [0.5, 0.6) is 0 Å². The van der Waals surface area contributed by atoms with E-state index in [2.05, 4.69) is 9.36 Å². The van der Waals surface area contributed by atoms with Crippen molar-refractivity contribution >= 4 is 11.5 Å². The molecule has 0 amide bonds. The van der Waals surface area contributed by atoms with Crippen molar-refractivity contribution in [1.82, 2.24) is 9.36 Å². The second kappa shape index (κ2) is 3.49. The minimum atomic E-state index is 0.417. The highest BCUT2D eigenvalue weighted by Gasteiger charge is 2.21. The van der Waals surface area contributed by atoms with E-state index in [9.17, 15) is 0 Å². The predicted molar refractivity (Wildman–Crippen MR) is 49.1 cm³/mol. The molecular formula is C8H13N3S. The highest BCUT2D eigenvalue weighted by molar-refractivity contribution is 7.03. The fraction of sp³-hybridized carbons (Fsp3) is 0.750. The van der Waals surface area contributed by atoms with Crippen LogP contribution in [0.15, 0.2) is 5.51 Å². The molecule has 0 saturated heterocycles. The van der Waals surface area contributed by atoms with E-state index in [4.69, 9.17) is 5.73 Å². The Bertz CT molecular complexity index is 226. The average molecular weight is 183 g/mol. The van der Waals surface area contributed by atoms with Gasteiger partial charge in [0.2, 0.25) is 0 Å². The van der Waals surface area contributed by atoms with E-state index in [0.29, 0.717) is 12.0 Å². The maximum atomic E-state index is 5.81. The van der Waals surface area contributed by atoms with E-state index < -0.39 is 0 Å². The van der Waals surface area contributed by atoms with Gasteiger partial charge in [-0.1, -0.05) is 0 Å². The standard InChI is InChI=1S/C8H13N3S/c9-7-3-1-6(2-4-7)8-10-5-12-11-8/h5-7H,1-4,9H2. The molecular weight excluding hydrogens is 170 g/mol. The van der Waals surface area contributed by atoms with Crippen molar-refractivity contribution < 1.29 is 0 Å². The molecule has 0 spiro atoms. The number of aromatic nitrogens is 2. The molecule has 1 aromatic heterocycles. The molecule has 1 heterocycles. The van der Waals surface area contributed by atoms with Crippen molar-refractivity contribution in [3.8, 4) is 0 Å². The highest BCUT2D eigenvalue weighted by Crippen LogP contribution is 2.30. The number of hydrogen-bond donors (Lipinski definition) is 1. The van der Waals surface area contributed by atoms with Crippen LogP contribution in [0.25, 0.3) is 0 Å². The third-order valence-electron chi connectivity index (χ3n) is 2.52. The molecule has 12 heavy (non-hydrogen) atoms. The molecule has 0 aliphatic heterocycles. The van der Waals surface area contributed by atoms with Crippen LogP contribution in [-0.4, -0.2) is 15.4 Å². The van der Waals surface area contributed by atoms with Crippen molar-refractivity contribution in [2.45, 2.75) is 37.6 Å². The molecule has 1 aliphatic rings. The zero-order valence-electron chi connectivity index (χ0n) is 6.94. The van der Waals surface area contributed by atoms with Crippen LogP contribution in [-0.2, 0) is 0 Å². The van der Waals surface area contributed by atoms with Gasteiger partial charge in [-0.25, -0.2) is 4.98 Å². The van der Waals surface area contributed by atoms with E-state index in [1.807, 2.05) is 5.51 Å². The molecule has 3 nitrogen and oxygen atoms in total. The van der Waals surface area contributed by atoms with Gasteiger partial charge in [0, 0.05) is 12.0 Å². The van der Waals surface area contributed by atoms with E-state index >= 15 is 0 Å². The zero-order chi connectivity index (χ0) is 8.39. The molecule has 0 atom stereocenters. The van der Waals surface area contributed by atoms with E-state index in [1.54, 1.807) is 0 Å². The minimum Gasteiger partial charge on any atom is -0.328 e. The maximum Gasteiger partial charge on any atom is 0.145 e. The SMILES string of the molecule is NC1CCC(c2ncsn2)CC1. The molecule has 0 radical (unpaired) electrons. The van der Waals surface area contributed by atoms with Gasteiger partial charge >= 0.3 is 0 Å². The third kappa shape index (κ3) is 1.64. The minimum absolute atomic E-state index is 0.417. The molecule has 1 aliphatic carbocycles. The molecule has 66 valence electrons. The lowest BCUT2D eigenvalue weighted by molar-refractivity contribution is 0.387. The smallest absolute Gasteiger partial charge is 0.145 e. The summed E-state index contributed by atoms with van der Waals surface area (Å²) in [5.41, 5.74) is 7.62. The molecule has 0 bridgehead atoms. The topological polar surface area (TPSA) is 51.8 Å². The van der Waals surface area contributed by atoms with Crippen LogP contribution < -0.4 is 5.73 Å². The number of rotatable bonds is 1. The molecule has 4 heteroatoms. The Balaban J connectivity index is 1.99. The first-order valence-corrected chi connectivity index (χ1v) is 5.22. The quantitative estimate of drug-likeness (QED) is 0.718. The predicted octanol–water partition coefficient (Wildman–Crippen LogP) is 1.52. The van der Waals surface area contributed by atoms with E-state index in [-0.39, 0.29) is 0 Å². The molecule has 0 aromatic carbocycles. The molecule has 1 aromatic rings. The van der Waals surface area contributed by atoms with Crippen LogP contribution in [0.4, 0.5) is 0 Å². The number of hydrogen-bond acceptors (Lipinski definition) is 4. The van der Waals surface area contributed by atoms with Crippen LogP contribution in [0, 0.1) is 0 Å². The molecule has 2 N–H and O–H groups in total. The van der Waals surface area contributed by atoms with Crippen molar-refractivity contribution in [2.24, 2.45) is 5.73 Å². The Labute approximate surface area is 76.2 Å². The Kier molecular flexibility index (Phi) is 2.37. The van der Waals surface area contributed by atoms with Crippen LogP contribution >= 0.6 is 11.5 Å². The van der Waals surface area contributed by atoms with Crippen molar-refractivity contribution in [2.75, 3.05) is 0 Å².